The van der Waals surface area contributed by atoms with Gasteiger partial charge in [-0.05, 0) is 30.6 Å². The Hall–Kier alpha value is -0.0400. The maximum atomic E-state index is 6.23. The summed E-state index contributed by atoms with van der Waals surface area (Å²) in [6, 6.07) is 0.476. The van der Waals surface area contributed by atoms with Gasteiger partial charge in [0, 0.05) is 6.04 Å². The molecule has 1 nitrogen and oxygen atoms in total. The van der Waals surface area contributed by atoms with Gasteiger partial charge in [-0.1, -0.05) is 33.6 Å². The van der Waals surface area contributed by atoms with Gasteiger partial charge in [-0.3, -0.25) is 0 Å². The van der Waals surface area contributed by atoms with E-state index in [4.69, 9.17) is 5.73 Å². The Morgan fingerprint density at radius 3 is 2.50 bits per heavy atom. The number of hydrogen-bond donors (Lipinski definition) is 1. The summed E-state index contributed by atoms with van der Waals surface area (Å²) >= 11 is 0. The summed E-state index contributed by atoms with van der Waals surface area (Å²) in [6.07, 6.45) is 5.38. The Balaban J connectivity index is 2.53. The van der Waals surface area contributed by atoms with Crippen LogP contribution in [0.3, 0.4) is 0 Å². The summed E-state index contributed by atoms with van der Waals surface area (Å²) in [5.74, 6) is 2.35. The van der Waals surface area contributed by atoms with Crippen molar-refractivity contribution in [3.05, 3.63) is 0 Å². The van der Waals surface area contributed by atoms with E-state index < -0.39 is 0 Å². The fourth-order valence-corrected chi connectivity index (χ4v) is 2.60. The van der Waals surface area contributed by atoms with Crippen LogP contribution >= 0.6 is 0 Å². The lowest BCUT2D eigenvalue weighted by Gasteiger charge is -2.37. The van der Waals surface area contributed by atoms with E-state index in [2.05, 4.69) is 20.8 Å². The lowest BCUT2D eigenvalue weighted by atomic mass is 9.72. The van der Waals surface area contributed by atoms with Crippen molar-refractivity contribution in [2.24, 2.45) is 23.5 Å². The average molecular weight is 169 g/mol. The first-order chi connectivity index (χ1) is 5.66. The normalized spacial score (nSPS) is 37.2. The lowest BCUT2D eigenvalue weighted by molar-refractivity contribution is 0.171. The van der Waals surface area contributed by atoms with Gasteiger partial charge in [0.15, 0.2) is 0 Å². The van der Waals surface area contributed by atoms with E-state index in [0.717, 1.165) is 17.8 Å². The summed E-state index contributed by atoms with van der Waals surface area (Å²) in [5.41, 5.74) is 6.23. The quantitative estimate of drug-likeness (QED) is 0.676. The SMILES string of the molecule is CCC1CCCC(C(C)C)C1N. The van der Waals surface area contributed by atoms with Crippen LogP contribution in [-0.2, 0) is 0 Å². The topological polar surface area (TPSA) is 26.0 Å². The largest absolute Gasteiger partial charge is 0.327 e. The van der Waals surface area contributed by atoms with Crippen LogP contribution in [0.1, 0.15) is 46.5 Å². The molecule has 0 aromatic rings. The summed E-state index contributed by atoms with van der Waals surface area (Å²) < 4.78 is 0. The highest BCUT2D eigenvalue weighted by Crippen LogP contribution is 2.34. The van der Waals surface area contributed by atoms with E-state index in [1.54, 1.807) is 0 Å². The molecule has 1 aliphatic rings. The van der Waals surface area contributed by atoms with E-state index >= 15 is 0 Å². The molecule has 0 bridgehead atoms. The van der Waals surface area contributed by atoms with E-state index in [0.29, 0.717) is 6.04 Å². The fourth-order valence-electron chi connectivity index (χ4n) is 2.60. The molecular formula is C11H23N. The van der Waals surface area contributed by atoms with Crippen molar-refractivity contribution < 1.29 is 0 Å². The van der Waals surface area contributed by atoms with Crippen LogP contribution in [0.5, 0.6) is 0 Å². The zero-order chi connectivity index (χ0) is 9.14. The lowest BCUT2D eigenvalue weighted by Crippen LogP contribution is -2.42. The van der Waals surface area contributed by atoms with E-state index in [1.165, 1.54) is 25.7 Å². The van der Waals surface area contributed by atoms with Crippen LogP contribution in [0, 0.1) is 17.8 Å². The molecule has 72 valence electrons. The predicted molar refractivity (Wildman–Crippen MR) is 53.9 cm³/mol. The Bertz CT molecular complexity index is 131. The molecule has 0 radical (unpaired) electrons. The van der Waals surface area contributed by atoms with Crippen LogP contribution in [0.2, 0.25) is 0 Å². The van der Waals surface area contributed by atoms with Crippen LogP contribution in [0.4, 0.5) is 0 Å². The molecule has 2 N–H and O–H groups in total. The molecule has 0 aromatic heterocycles. The maximum Gasteiger partial charge on any atom is 0.00979 e. The van der Waals surface area contributed by atoms with Crippen molar-refractivity contribution in [1.82, 2.24) is 0 Å². The molecule has 12 heavy (non-hydrogen) atoms. The summed E-state index contributed by atoms with van der Waals surface area (Å²) in [4.78, 5) is 0. The van der Waals surface area contributed by atoms with Gasteiger partial charge < -0.3 is 5.73 Å². The van der Waals surface area contributed by atoms with Gasteiger partial charge in [-0.15, -0.1) is 0 Å². The third kappa shape index (κ3) is 2.01. The molecule has 0 saturated heterocycles. The van der Waals surface area contributed by atoms with Crippen molar-refractivity contribution in [3.8, 4) is 0 Å². The van der Waals surface area contributed by atoms with Gasteiger partial charge >= 0.3 is 0 Å². The summed E-state index contributed by atoms with van der Waals surface area (Å²) in [5, 5.41) is 0. The average Bonchev–Trinajstić information content (AvgIpc) is 2.04. The molecule has 1 rings (SSSR count). The second-order valence-corrected chi connectivity index (χ2v) is 4.58. The number of hydrogen-bond acceptors (Lipinski definition) is 1. The van der Waals surface area contributed by atoms with Gasteiger partial charge in [-0.25, -0.2) is 0 Å². The standard InChI is InChI=1S/C11H23N/c1-4-9-6-5-7-10(8(2)3)11(9)12/h8-11H,4-7,12H2,1-3H3. The van der Waals surface area contributed by atoms with Crippen LogP contribution in [0.25, 0.3) is 0 Å². The number of nitrogens with two attached hydrogens (primary N) is 1. The van der Waals surface area contributed by atoms with Crippen LogP contribution in [-0.4, -0.2) is 6.04 Å². The zero-order valence-electron chi connectivity index (χ0n) is 8.72. The molecule has 0 heterocycles. The monoisotopic (exact) mass is 169 g/mol. The number of rotatable bonds is 2. The van der Waals surface area contributed by atoms with Crippen LogP contribution in [0.15, 0.2) is 0 Å². The highest BCUT2D eigenvalue weighted by molar-refractivity contribution is 4.85. The molecular weight excluding hydrogens is 146 g/mol. The minimum Gasteiger partial charge on any atom is -0.327 e. The third-order valence-corrected chi connectivity index (χ3v) is 3.53. The minimum absolute atomic E-state index is 0.476. The maximum absolute atomic E-state index is 6.23. The van der Waals surface area contributed by atoms with Crippen molar-refractivity contribution in [2.75, 3.05) is 0 Å². The smallest absolute Gasteiger partial charge is 0.00979 e. The first-order valence-corrected chi connectivity index (χ1v) is 5.42. The van der Waals surface area contributed by atoms with Gasteiger partial charge in [0.25, 0.3) is 0 Å². The molecule has 0 aromatic carbocycles. The molecule has 3 unspecified atom stereocenters. The third-order valence-electron chi connectivity index (χ3n) is 3.53. The Morgan fingerprint density at radius 1 is 1.33 bits per heavy atom. The van der Waals surface area contributed by atoms with Gasteiger partial charge in [0.1, 0.15) is 0 Å². The zero-order valence-corrected chi connectivity index (χ0v) is 8.72. The van der Waals surface area contributed by atoms with E-state index in [9.17, 15) is 0 Å². The highest BCUT2D eigenvalue weighted by atomic mass is 14.7. The second kappa shape index (κ2) is 4.27. The molecule has 1 heteroatoms. The van der Waals surface area contributed by atoms with Crippen molar-refractivity contribution in [1.29, 1.82) is 0 Å². The molecule has 1 aliphatic carbocycles. The predicted octanol–water partition coefficient (Wildman–Crippen LogP) is 2.80. The second-order valence-electron chi connectivity index (χ2n) is 4.58. The van der Waals surface area contributed by atoms with Crippen LogP contribution < -0.4 is 5.73 Å². The highest BCUT2D eigenvalue weighted by Gasteiger charge is 2.30. The van der Waals surface area contributed by atoms with Crippen molar-refractivity contribution >= 4 is 0 Å². The fraction of sp³-hybridized carbons (Fsp3) is 1.00. The minimum atomic E-state index is 0.476. The molecule has 1 saturated carbocycles. The van der Waals surface area contributed by atoms with Crippen molar-refractivity contribution in [3.63, 3.8) is 0 Å². The molecule has 3 atom stereocenters. The summed E-state index contributed by atoms with van der Waals surface area (Å²) in [7, 11) is 0. The Kier molecular flexibility index (Phi) is 3.57. The molecule has 1 fully saturated rings. The first kappa shape index (κ1) is 10.0. The van der Waals surface area contributed by atoms with E-state index in [-0.39, 0.29) is 0 Å². The van der Waals surface area contributed by atoms with Gasteiger partial charge in [-0.2, -0.15) is 0 Å². The first-order valence-electron chi connectivity index (χ1n) is 5.42. The molecule has 0 spiro atoms. The molecule has 0 amide bonds. The molecule has 0 aliphatic heterocycles. The van der Waals surface area contributed by atoms with Gasteiger partial charge in [0.2, 0.25) is 0 Å². The van der Waals surface area contributed by atoms with E-state index in [1.807, 2.05) is 0 Å². The summed E-state index contributed by atoms with van der Waals surface area (Å²) in [6.45, 7) is 6.89. The Labute approximate surface area is 76.7 Å². The van der Waals surface area contributed by atoms with Gasteiger partial charge in [0.05, 0.1) is 0 Å². The van der Waals surface area contributed by atoms with Crippen molar-refractivity contribution in [2.45, 2.75) is 52.5 Å². The Morgan fingerprint density at radius 2 is 2.00 bits per heavy atom.